The number of rotatable bonds is 3. The van der Waals surface area contributed by atoms with Crippen LogP contribution in [0.5, 0.6) is 17.2 Å². The van der Waals surface area contributed by atoms with Crippen LogP contribution in [-0.2, 0) is 24.5 Å². The first-order chi connectivity index (χ1) is 12.5. The van der Waals surface area contributed by atoms with Crippen molar-refractivity contribution in [3.05, 3.63) is 17.7 Å². The van der Waals surface area contributed by atoms with Crippen LogP contribution in [-0.4, -0.2) is 59.4 Å². The van der Waals surface area contributed by atoms with Gasteiger partial charge in [0.1, 0.15) is 5.60 Å². The number of aromatic hydroxyl groups is 2. The number of methoxy groups -OCH3 is 2. The predicted octanol–water partition coefficient (Wildman–Crippen LogP) is 1.68. The summed E-state index contributed by atoms with van der Waals surface area (Å²) in [4.78, 5) is 38.9. The van der Waals surface area contributed by atoms with Crippen molar-refractivity contribution in [3.63, 3.8) is 0 Å². The van der Waals surface area contributed by atoms with Crippen molar-refractivity contribution >= 4 is 18.0 Å². The highest BCUT2D eigenvalue weighted by Gasteiger charge is 2.57. The molecule has 27 heavy (non-hydrogen) atoms. The van der Waals surface area contributed by atoms with Gasteiger partial charge in [0.2, 0.25) is 5.75 Å². The van der Waals surface area contributed by atoms with Crippen LogP contribution in [0.4, 0.5) is 4.79 Å². The number of hydrogen-bond acceptors (Lipinski definition) is 8. The first-order valence-electron chi connectivity index (χ1n) is 8.21. The summed E-state index contributed by atoms with van der Waals surface area (Å²) in [6.07, 6.45) is -0.960. The van der Waals surface area contributed by atoms with Gasteiger partial charge < -0.3 is 24.4 Å². The number of hydrogen-bond donors (Lipinski definition) is 2. The minimum absolute atomic E-state index is 0.0394. The molecule has 1 fully saturated rings. The number of likely N-dealkylation sites (tertiary alicyclic amines) is 1. The van der Waals surface area contributed by atoms with Crippen molar-refractivity contribution in [1.82, 2.24) is 4.90 Å². The molecule has 148 valence electrons. The van der Waals surface area contributed by atoms with E-state index in [-0.39, 0.29) is 24.3 Å². The molecule has 1 saturated heterocycles. The Morgan fingerprint density at radius 2 is 1.81 bits per heavy atom. The Balaban J connectivity index is 2.54. The van der Waals surface area contributed by atoms with Crippen LogP contribution < -0.4 is 4.74 Å². The van der Waals surface area contributed by atoms with E-state index in [1.165, 1.54) is 13.2 Å². The molecule has 0 radical (unpaired) electrons. The second kappa shape index (κ2) is 6.98. The van der Waals surface area contributed by atoms with E-state index >= 15 is 0 Å². The molecule has 1 aliphatic heterocycles. The maximum absolute atomic E-state index is 13.1. The van der Waals surface area contributed by atoms with Gasteiger partial charge in [0, 0.05) is 6.54 Å². The van der Waals surface area contributed by atoms with Gasteiger partial charge in [-0.05, 0) is 44.9 Å². The molecule has 2 amide bonds. The number of phenols is 2. The average Bonchev–Trinajstić information content (AvgIpc) is 2.93. The first kappa shape index (κ1) is 20.3. The van der Waals surface area contributed by atoms with E-state index in [0.29, 0.717) is 0 Å². The number of ether oxygens (including phenoxy) is 3. The molecule has 1 aromatic carbocycles. The maximum atomic E-state index is 13.1. The summed E-state index contributed by atoms with van der Waals surface area (Å²) in [5, 5.41) is 19.8. The topological polar surface area (TPSA) is 123 Å². The zero-order chi connectivity index (χ0) is 20.6. The molecule has 2 rings (SSSR count). The van der Waals surface area contributed by atoms with Crippen LogP contribution >= 0.6 is 0 Å². The van der Waals surface area contributed by atoms with Crippen LogP contribution in [0.3, 0.4) is 0 Å². The molecule has 2 N–H and O–H groups in total. The summed E-state index contributed by atoms with van der Waals surface area (Å²) in [6.45, 7) is 4.89. The molecule has 1 atom stereocenters. The molecule has 0 unspecified atom stereocenters. The molecule has 1 aliphatic rings. The van der Waals surface area contributed by atoms with Crippen LogP contribution in [0.2, 0.25) is 0 Å². The highest BCUT2D eigenvalue weighted by Crippen LogP contribution is 2.44. The van der Waals surface area contributed by atoms with E-state index in [0.717, 1.165) is 18.1 Å². The second-order valence-corrected chi connectivity index (χ2v) is 7.13. The highest BCUT2D eigenvalue weighted by molar-refractivity contribution is 6.14. The zero-order valence-electron chi connectivity index (χ0n) is 15.9. The lowest BCUT2D eigenvalue weighted by molar-refractivity contribution is -0.152. The van der Waals surface area contributed by atoms with E-state index in [4.69, 9.17) is 14.2 Å². The number of nitrogens with zero attached hydrogens (tertiary/aromatic N) is 1. The highest BCUT2D eigenvalue weighted by atomic mass is 16.6. The van der Waals surface area contributed by atoms with E-state index in [1.54, 1.807) is 20.8 Å². The number of phenolic OH excluding ortho intramolecular Hbond substituents is 2. The third-order valence-corrected chi connectivity index (χ3v) is 4.24. The summed E-state index contributed by atoms with van der Waals surface area (Å²) < 4.78 is 15.0. The van der Waals surface area contributed by atoms with Crippen molar-refractivity contribution < 1.29 is 38.8 Å². The number of esters is 1. The molecular formula is C18H23NO8. The lowest BCUT2D eigenvalue weighted by Crippen LogP contribution is -2.47. The van der Waals surface area contributed by atoms with Crippen molar-refractivity contribution in [2.75, 3.05) is 20.8 Å². The summed E-state index contributed by atoms with van der Waals surface area (Å²) in [5.74, 6) is -2.97. The third-order valence-electron chi connectivity index (χ3n) is 4.24. The van der Waals surface area contributed by atoms with E-state index in [2.05, 4.69) is 0 Å². The van der Waals surface area contributed by atoms with Gasteiger partial charge in [-0.15, -0.1) is 0 Å². The largest absolute Gasteiger partial charge is 0.504 e. The summed E-state index contributed by atoms with van der Waals surface area (Å²) in [7, 11) is 2.37. The monoisotopic (exact) mass is 381 g/mol. The van der Waals surface area contributed by atoms with Crippen molar-refractivity contribution in [2.45, 2.75) is 38.2 Å². The van der Waals surface area contributed by atoms with Gasteiger partial charge in [0.25, 0.3) is 5.91 Å². The molecule has 9 nitrogen and oxygen atoms in total. The third kappa shape index (κ3) is 3.49. The lowest BCUT2D eigenvalue weighted by Gasteiger charge is -2.27. The Labute approximate surface area is 156 Å². The minimum Gasteiger partial charge on any atom is -0.504 e. The van der Waals surface area contributed by atoms with Gasteiger partial charge >= 0.3 is 12.1 Å². The number of imide groups is 1. The van der Waals surface area contributed by atoms with Crippen LogP contribution in [0.15, 0.2) is 12.1 Å². The Morgan fingerprint density at radius 1 is 1.19 bits per heavy atom. The summed E-state index contributed by atoms with van der Waals surface area (Å²) >= 11 is 0. The van der Waals surface area contributed by atoms with Gasteiger partial charge in [-0.1, -0.05) is 0 Å². The molecule has 1 aromatic rings. The molecule has 0 spiro atoms. The van der Waals surface area contributed by atoms with Gasteiger partial charge in [0.05, 0.1) is 14.2 Å². The molecule has 0 saturated carbocycles. The van der Waals surface area contributed by atoms with E-state index in [9.17, 15) is 24.6 Å². The Morgan fingerprint density at radius 3 is 2.33 bits per heavy atom. The average molecular weight is 381 g/mol. The molecule has 0 bridgehead atoms. The van der Waals surface area contributed by atoms with Crippen molar-refractivity contribution in [2.24, 2.45) is 0 Å². The second-order valence-electron chi connectivity index (χ2n) is 7.13. The smallest absolute Gasteiger partial charge is 0.417 e. The quantitative estimate of drug-likeness (QED) is 0.461. The fourth-order valence-electron chi connectivity index (χ4n) is 2.95. The van der Waals surface area contributed by atoms with Gasteiger partial charge in [-0.3, -0.25) is 9.59 Å². The molecule has 9 heteroatoms. The van der Waals surface area contributed by atoms with E-state index in [1.807, 2.05) is 0 Å². The van der Waals surface area contributed by atoms with Gasteiger partial charge in [-0.2, -0.15) is 0 Å². The molecule has 1 heterocycles. The van der Waals surface area contributed by atoms with Crippen molar-refractivity contribution in [1.29, 1.82) is 0 Å². The Bertz CT molecular complexity index is 782. The normalized spacial score (nSPS) is 19.7. The number of carbonyl (C=O) groups excluding carboxylic acids is 3. The van der Waals surface area contributed by atoms with Crippen LogP contribution in [0.25, 0.3) is 0 Å². The number of amides is 2. The van der Waals surface area contributed by atoms with Crippen molar-refractivity contribution in [3.8, 4) is 17.2 Å². The molecular weight excluding hydrogens is 358 g/mol. The standard InChI is InChI=1S/C18H23NO8/c1-17(2,3)27-16(24)19-7-6-18(14(19)22,15(23)26-5)10-8-11(20)13(21)12(9-10)25-4/h8-9,20-21H,6-7H2,1-5H3/t18-/m0/s1. The zero-order valence-corrected chi connectivity index (χ0v) is 15.9. The number of benzene rings is 1. The van der Waals surface area contributed by atoms with Gasteiger partial charge in [-0.25, -0.2) is 9.69 Å². The predicted molar refractivity (Wildman–Crippen MR) is 92.6 cm³/mol. The van der Waals surface area contributed by atoms with Crippen LogP contribution in [0.1, 0.15) is 32.8 Å². The van der Waals surface area contributed by atoms with Gasteiger partial charge in [0.15, 0.2) is 16.9 Å². The maximum Gasteiger partial charge on any atom is 0.417 e. The lowest BCUT2D eigenvalue weighted by atomic mass is 9.78. The summed E-state index contributed by atoms with van der Waals surface area (Å²) in [6, 6.07) is 2.33. The van der Waals surface area contributed by atoms with E-state index < -0.39 is 40.5 Å². The SMILES string of the molecule is COC(=O)[C@]1(c2cc(O)c(O)c(OC)c2)CCN(C(=O)OC(C)(C)C)C1=O. The molecule has 0 aliphatic carbocycles. The van der Waals surface area contributed by atoms with Crippen LogP contribution in [0, 0.1) is 0 Å². The summed E-state index contributed by atoms with van der Waals surface area (Å²) in [5.41, 5.74) is -2.66. The fourth-order valence-corrected chi connectivity index (χ4v) is 2.95. The molecule has 0 aromatic heterocycles. The first-order valence-corrected chi connectivity index (χ1v) is 8.21. The minimum atomic E-state index is -1.87. The fraction of sp³-hybridized carbons (Fsp3) is 0.500. The Hall–Kier alpha value is -2.97. The number of carbonyl (C=O) groups is 3. The Kier molecular flexibility index (Phi) is 5.26.